The van der Waals surface area contributed by atoms with Crippen LogP contribution < -0.4 is 0 Å². The maximum Gasteiger partial charge on any atom is 0.416 e. The van der Waals surface area contributed by atoms with Crippen molar-refractivity contribution in [2.75, 3.05) is 19.7 Å². The summed E-state index contributed by atoms with van der Waals surface area (Å²) < 4.78 is 38.7. The minimum absolute atomic E-state index is 0.0399. The molecule has 2 rings (SSSR count). The van der Waals surface area contributed by atoms with Crippen LogP contribution in [0.3, 0.4) is 0 Å². The number of carbonyl (C=O) groups excluding carboxylic acids is 1. The van der Waals surface area contributed by atoms with Gasteiger partial charge < -0.3 is 15.1 Å². The van der Waals surface area contributed by atoms with Crippen molar-refractivity contribution in [3.05, 3.63) is 35.4 Å². The highest BCUT2D eigenvalue weighted by Gasteiger charge is 2.34. The maximum absolute atomic E-state index is 12.9. The van der Waals surface area contributed by atoms with E-state index < -0.39 is 23.8 Å². The molecule has 1 amide bonds. The van der Waals surface area contributed by atoms with Gasteiger partial charge in [0, 0.05) is 25.6 Å². The van der Waals surface area contributed by atoms with E-state index in [2.05, 4.69) is 0 Å². The van der Waals surface area contributed by atoms with Crippen molar-refractivity contribution in [2.45, 2.75) is 25.1 Å². The third kappa shape index (κ3) is 3.78. The van der Waals surface area contributed by atoms with Crippen LogP contribution in [0.2, 0.25) is 0 Å². The molecule has 4 nitrogen and oxygen atoms in total. The van der Waals surface area contributed by atoms with Crippen molar-refractivity contribution in [1.29, 1.82) is 0 Å². The summed E-state index contributed by atoms with van der Waals surface area (Å²) in [6.45, 7) is 0.202. The summed E-state index contributed by atoms with van der Waals surface area (Å²) in [5.74, 6) is -0.737. The Hall–Kier alpha value is -1.60. The number of aliphatic hydroxyl groups excluding tert-OH is 2. The highest BCUT2D eigenvalue weighted by atomic mass is 19.4. The Morgan fingerprint density at radius 2 is 2.00 bits per heavy atom. The van der Waals surface area contributed by atoms with Crippen molar-refractivity contribution in [3.8, 4) is 0 Å². The first kappa shape index (κ1) is 16.8. The Kier molecular flexibility index (Phi) is 5.08. The average molecular weight is 317 g/mol. The zero-order valence-electron chi connectivity index (χ0n) is 11.9. The standard InChI is InChI=1S/C15H18F3NO3/c16-15(17,18)12-4-2-1-3-10(12)7-14(22)19-6-5-11(9-20)13(21)8-19/h1-4,11,13,20-21H,5-9H2/t11-,13+/m1/s1. The fraction of sp³-hybridized carbons (Fsp3) is 0.533. The van der Waals surface area contributed by atoms with Crippen LogP contribution in [0.4, 0.5) is 13.2 Å². The lowest BCUT2D eigenvalue weighted by atomic mass is 9.94. The van der Waals surface area contributed by atoms with E-state index in [0.717, 1.165) is 6.07 Å². The second-order valence-electron chi connectivity index (χ2n) is 5.47. The molecule has 7 heteroatoms. The number of benzene rings is 1. The van der Waals surface area contributed by atoms with Gasteiger partial charge in [0.25, 0.3) is 0 Å². The Labute approximate surface area is 126 Å². The maximum atomic E-state index is 12.9. The van der Waals surface area contributed by atoms with Crippen LogP contribution in [0, 0.1) is 5.92 Å². The van der Waals surface area contributed by atoms with Crippen molar-refractivity contribution >= 4 is 5.91 Å². The molecular weight excluding hydrogens is 299 g/mol. The molecule has 0 radical (unpaired) electrons. The van der Waals surface area contributed by atoms with Gasteiger partial charge in [-0.05, 0) is 18.1 Å². The Bertz CT molecular complexity index is 533. The van der Waals surface area contributed by atoms with E-state index in [1.54, 1.807) is 0 Å². The molecule has 1 aromatic rings. The van der Waals surface area contributed by atoms with Gasteiger partial charge in [0.2, 0.25) is 5.91 Å². The quantitative estimate of drug-likeness (QED) is 0.887. The smallest absolute Gasteiger partial charge is 0.396 e. The molecule has 0 saturated carbocycles. The molecule has 1 heterocycles. The second kappa shape index (κ2) is 6.66. The van der Waals surface area contributed by atoms with Crippen molar-refractivity contribution < 1.29 is 28.2 Å². The molecule has 1 fully saturated rings. The van der Waals surface area contributed by atoms with Gasteiger partial charge in [0.1, 0.15) is 0 Å². The second-order valence-corrected chi connectivity index (χ2v) is 5.47. The molecule has 0 unspecified atom stereocenters. The number of β-amino-alcohol motifs (C(OH)–C–C–N with tert-alkyl or cyclic N) is 1. The third-order valence-electron chi connectivity index (χ3n) is 3.97. The molecule has 122 valence electrons. The molecule has 0 spiro atoms. The Morgan fingerprint density at radius 3 is 2.59 bits per heavy atom. The number of amides is 1. The number of carbonyl (C=O) groups is 1. The number of aliphatic hydroxyl groups is 2. The molecule has 0 bridgehead atoms. The largest absolute Gasteiger partial charge is 0.416 e. The summed E-state index contributed by atoms with van der Waals surface area (Å²) in [5.41, 5.74) is -0.882. The van der Waals surface area contributed by atoms with Gasteiger partial charge in [0.15, 0.2) is 0 Å². The zero-order chi connectivity index (χ0) is 16.3. The van der Waals surface area contributed by atoms with Crippen LogP contribution in [0.5, 0.6) is 0 Å². The van der Waals surface area contributed by atoms with Gasteiger partial charge in [0.05, 0.1) is 18.1 Å². The van der Waals surface area contributed by atoms with Gasteiger partial charge in [-0.3, -0.25) is 4.79 Å². The highest BCUT2D eigenvalue weighted by Crippen LogP contribution is 2.32. The van der Waals surface area contributed by atoms with E-state index in [1.807, 2.05) is 0 Å². The summed E-state index contributed by atoms with van der Waals surface area (Å²) >= 11 is 0. The first-order valence-electron chi connectivity index (χ1n) is 7.04. The molecule has 1 aliphatic heterocycles. The van der Waals surface area contributed by atoms with Gasteiger partial charge in [-0.15, -0.1) is 0 Å². The number of piperidine rings is 1. The SMILES string of the molecule is O=C(Cc1ccccc1C(F)(F)F)N1CC[C@H](CO)[C@@H](O)C1. The van der Waals surface area contributed by atoms with Crippen LogP contribution in [-0.2, 0) is 17.4 Å². The molecule has 1 aromatic carbocycles. The number of nitrogens with zero attached hydrogens (tertiary/aromatic N) is 1. The molecule has 2 atom stereocenters. The van der Waals surface area contributed by atoms with Gasteiger partial charge in [-0.1, -0.05) is 18.2 Å². The molecule has 0 aromatic heterocycles. The lowest BCUT2D eigenvalue weighted by molar-refractivity contribution is -0.139. The summed E-state index contributed by atoms with van der Waals surface area (Å²) in [6.07, 6.45) is -5.27. The lowest BCUT2D eigenvalue weighted by Crippen LogP contribution is -2.48. The first-order chi connectivity index (χ1) is 10.3. The van der Waals surface area contributed by atoms with Gasteiger partial charge in [-0.2, -0.15) is 13.2 Å². The van der Waals surface area contributed by atoms with Gasteiger partial charge >= 0.3 is 6.18 Å². The van der Waals surface area contributed by atoms with E-state index in [9.17, 15) is 23.1 Å². The Balaban J connectivity index is 2.07. The molecule has 1 saturated heterocycles. The van der Waals surface area contributed by atoms with Gasteiger partial charge in [-0.25, -0.2) is 0 Å². The van der Waals surface area contributed by atoms with Crippen LogP contribution in [0.25, 0.3) is 0 Å². The summed E-state index contributed by atoms with van der Waals surface area (Å²) in [6, 6.07) is 4.99. The topological polar surface area (TPSA) is 60.8 Å². The number of rotatable bonds is 3. The average Bonchev–Trinajstić information content (AvgIpc) is 2.46. The van der Waals surface area contributed by atoms with E-state index >= 15 is 0 Å². The highest BCUT2D eigenvalue weighted by molar-refractivity contribution is 5.79. The third-order valence-corrected chi connectivity index (χ3v) is 3.97. The molecule has 22 heavy (non-hydrogen) atoms. The zero-order valence-corrected chi connectivity index (χ0v) is 11.9. The molecule has 2 N–H and O–H groups in total. The predicted octanol–water partition coefficient (Wildman–Crippen LogP) is 1.45. The number of hydrogen-bond acceptors (Lipinski definition) is 3. The van der Waals surface area contributed by atoms with Crippen LogP contribution in [0.1, 0.15) is 17.5 Å². The van der Waals surface area contributed by atoms with Crippen molar-refractivity contribution in [2.24, 2.45) is 5.92 Å². The number of likely N-dealkylation sites (tertiary alicyclic amines) is 1. The number of halogens is 3. The molecule has 0 aliphatic carbocycles. The van der Waals surface area contributed by atoms with Crippen LogP contribution >= 0.6 is 0 Å². The van der Waals surface area contributed by atoms with Crippen LogP contribution in [0.15, 0.2) is 24.3 Å². The monoisotopic (exact) mass is 317 g/mol. The Morgan fingerprint density at radius 1 is 1.32 bits per heavy atom. The number of hydrogen-bond donors (Lipinski definition) is 2. The lowest BCUT2D eigenvalue weighted by Gasteiger charge is -2.35. The fourth-order valence-electron chi connectivity index (χ4n) is 2.65. The summed E-state index contributed by atoms with van der Waals surface area (Å²) in [7, 11) is 0. The number of alkyl halides is 3. The molecule has 1 aliphatic rings. The van der Waals surface area contributed by atoms with E-state index in [0.29, 0.717) is 13.0 Å². The molecular formula is C15H18F3NO3. The van der Waals surface area contributed by atoms with Crippen molar-refractivity contribution in [3.63, 3.8) is 0 Å². The predicted molar refractivity (Wildman–Crippen MR) is 72.9 cm³/mol. The minimum atomic E-state index is -4.50. The fourth-order valence-corrected chi connectivity index (χ4v) is 2.65. The van der Waals surface area contributed by atoms with E-state index in [1.165, 1.54) is 23.1 Å². The first-order valence-corrected chi connectivity index (χ1v) is 7.04. The normalized spacial score (nSPS) is 22.7. The van der Waals surface area contributed by atoms with Crippen molar-refractivity contribution in [1.82, 2.24) is 4.90 Å². The van der Waals surface area contributed by atoms with E-state index in [-0.39, 0.29) is 31.1 Å². The van der Waals surface area contributed by atoms with E-state index in [4.69, 9.17) is 5.11 Å². The van der Waals surface area contributed by atoms with Crippen LogP contribution in [-0.4, -0.2) is 46.8 Å². The summed E-state index contributed by atoms with van der Waals surface area (Å²) in [4.78, 5) is 13.5. The minimum Gasteiger partial charge on any atom is -0.396 e. The summed E-state index contributed by atoms with van der Waals surface area (Å²) in [5, 5.41) is 18.9.